The zero-order valence-corrected chi connectivity index (χ0v) is 18.3. The van der Waals surface area contributed by atoms with Gasteiger partial charge >= 0.3 is 6.18 Å². The topological polar surface area (TPSA) is 107 Å². The fraction of sp³-hybridized carbons (Fsp3) is 0.429. The average molecular weight is 484 g/mol. The third kappa shape index (κ3) is 4.68. The van der Waals surface area contributed by atoms with Gasteiger partial charge in [0.15, 0.2) is 0 Å². The Labute approximate surface area is 191 Å². The molecule has 0 radical (unpaired) electrons. The maximum absolute atomic E-state index is 13.1. The SMILES string of the molecule is C[C@@H]1CCCCN1c1nc2c(c(=O)[nH]1)[C@H](C(=O)Nc1ccc(Cl)c(C(F)(F)F)c1)CC(=O)N2. The van der Waals surface area contributed by atoms with Crippen LogP contribution in [0, 0.1) is 0 Å². The largest absolute Gasteiger partial charge is 0.417 e. The molecule has 2 amide bonds. The quantitative estimate of drug-likeness (QED) is 0.614. The molecule has 4 rings (SSSR count). The molecule has 0 unspecified atom stereocenters. The fourth-order valence-electron chi connectivity index (χ4n) is 4.18. The van der Waals surface area contributed by atoms with E-state index >= 15 is 0 Å². The maximum Gasteiger partial charge on any atom is 0.417 e. The van der Waals surface area contributed by atoms with Crippen LogP contribution in [0.5, 0.6) is 0 Å². The number of anilines is 3. The molecule has 0 bridgehead atoms. The summed E-state index contributed by atoms with van der Waals surface area (Å²) in [7, 11) is 0. The number of nitrogens with zero attached hydrogens (tertiary/aromatic N) is 2. The molecule has 0 aliphatic carbocycles. The summed E-state index contributed by atoms with van der Waals surface area (Å²) in [4.78, 5) is 47.1. The first-order valence-electron chi connectivity index (χ1n) is 10.4. The molecule has 12 heteroatoms. The molecule has 3 N–H and O–H groups in total. The van der Waals surface area contributed by atoms with E-state index in [1.807, 2.05) is 11.8 Å². The van der Waals surface area contributed by atoms with Crippen molar-refractivity contribution >= 4 is 40.9 Å². The summed E-state index contributed by atoms with van der Waals surface area (Å²) in [5.74, 6) is -2.25. The number of piperidine rings is 1. The van der Waals surface area contributed by atoms with Crippen LogP contribution in [0.15, 0.2) is 23.0 Å². The molecule has 1 fully saturated rings. The van der Waals surface area contributed by atoms with Crippen molar-refractivity contribution in [1.29, 1.82) is 0 Å². The van der Waals surface area contributed by atoms with Crippen LogP contribution >= 0.6 is 11.6 Å². The number of carbonyl (C=O) groups excluding carboxylic acids is 2. The summed E-state index contributed by atoms with van der Waals surface area (Å²) in [5.41, 5.74) is -1.89. The first-order valence-corrected chi connectivity index (χ1v) is 10.8. The van der Waals surface area contributed by atoms with Crippen molar-refractivity contribution in [2.75, 3.05) is 22.1 Å². The number of H-pyrrole nitrogens is 1. The third-order valence-corrected chi connectivity index (χ3v) is 6.20. The van der Waals surface area contributed by atoms with Crippen molar-refractivity contribution < 1.29 is 22.8 Å². The molecule has 33 heavy (non-hydrogen) atoms. The molecule has 2 aromatic rings. The molecule has 2 aliphatic rings. The van der Waals surface area contributed by atoms with Crippen LogP contribution in [-0.2, 0) is 15.8 Å². The van der Waals surface area contributed by atoms with Gasteiger partial charge in [-0.15, -0.1) is 0 Å². The highest BCUT2D eigenvalue weighted by Gasteiger charge is 2.37. The van der Waals surface area contributed by atoms with E-state index in [0.717, 1.165) is 25.3 Å². The number of hydrogen-bond acceptors (Lipinski definition) is 5. The molecule has 3 heterocycles. The van der Waals surface area contributed by atoms with Crippen LogP contribution in [0.25, 0.3) is 0 Å². The van der Waals surface area contributed by atoms with Gasteiger partial charge in [-0.1, -0.05) is 11.6 Å². The Balaban J connectivity index is 1.65. The summed E-state index contributed by atoms with van der Waals surface area (Å²) in [6.07, 6.45) is -2.13. The molecule has 1 aromatic carbocycles. The van der Waals surface area contributed by atoms with Gasteiger partial charge < -0.3 is 15.5 Å². The lowest BCUT2D eigenvalue weighted by Gasteiger charge is -2.34. The summed E-state index contributed by atoms with van der Waals surface area (Å²) < 4.78 is 39.4. The lowest BCUT2D eigenvalue weighted by Crippen LogP contribution is -2.42. The van der Waals surface area contributed by atoms with Crippen molar-refractivity contribution in [2.45, 2.75) is 50.7 Å². The van der Waals surface area contributed by atoms with Gasteiger partial charge in [0.25, 0.3) is 5.56 Å². The second-order valence-corrected chi connectivity index (χ2v) is 8.58. The number of amides is 2. The van der Waals surface area contributed by atoms with Gasteiger partial charge in [0, 0.05) is 24.7 Å². The van der Waals surface area contributed by atoms with Crippen LogP contribution in [0.3, 0.4) is 0 Å². The first-order chi connectivity index (χ1) is 15.5. The molecule has 0 saturated carbocycles. The van der Waals surface area contributed by atoms with Gasteiger partial charge in [0.2, 0.25) is 17.8 Å². The summed E-state index contributed by atoms with van der Waals surface area (Å²) in [5, 5.41) is 4.38. The Morgan fingerprint density at radius 3 is 2.73 bits per heavy atom. The molecular weight excluding hydrogens is 463 g/mol. The zero-order chi connectivity index (χ0) is 23.9. The van der Waals surface area contributed by atoms with Crippen LogP contribution < -0.4 is 21.1 Å². The van der Waals surface area contributed by atoms with Crippen molar-refractivity contribution in [3.8, 4) is 0 Å². The standard InChI is InChI=1S/C21H21ClF3N5O3/c1-10-4-2-3-7-30(10)20-28-17-16(19(33)29-20)12(9-15(31)27-17)18(32)26-11-5-6-14(22)13(8-11)21(23,24)25/h5-6,8,10,12H,2-4,7,9H2,1H3,(H,26,32)(H2,27,28,29,31,33)/t10-,12-/m1/s1. The molecule has 2 aliphatic heterocycles. The molecule has 176 valence electrons. The number of carbonyl (C=O) groups is 2. The van der Waals surface area contributed by atoms with E-state index in [4.69, 9.17) is 11.6 Å². The second kappa shape index (κ2) is 8.69. The van der Waals surface area contributed by atoms with E-state index in [1.54, 1.807) is 0 Å². The van der Waals surface area contributed by atoms with Crippen molar-refractivity contribution in [2.24, 2.45) is 0 Å². The summed E-state index contributed by atoms with van der Waals surface area (Å²) >= 11 is 5.62. The van der Waals surface area contributed by atoms with Crippen molar-refractivity contribution in [3.63, 3.8) is 0 Å². The number of benzene rings is 1. The highest BCUT2D eigenvalue weighted by molar-refractivity contribution is 6.31. The van der Waals surface area contributed by atoms with Gasteiger partial charge in [-0.05, 0) is 44.4 Å². The number of alkyl halides is 3. The third-order valence-electron chi connectivity index (χ3n) is 5.87. The van der Waals surface area contributed by atoms with E-state index < -0.39 is 40.1 Å². The van der Waals surface area contributed by atoms with E-state index in [2.05, 4.69) is 20.6 Å². The Morgan fingerprint density at radius 2 is 2.03 bits per heavy atom. The number of rotatable bonds is 3. The zero-order valence-electron chi connectivity index (χ0n) is 17.6. The van der Waals surface area contributed by atoms with E-state index in [9.17, 15) is 27.6 Å². The minimum absolute atomic E-state index is 0.0185. The van der Waals surface area contributed by atoms with Gasteiger partial charge in [-0.25, -0.2) is 0 Å². The number of aromatic nitrogens is 2. The number of halogens is 4. The van der Waals surface area contributed by atoms with E-state index in [-0.39, 0.29) is 29.5 Å². The van der Waals surface area contributed by atoms with Crippen LogP contribution in [0.1, 0.15) is 49.7 Å². The monoisotopic (exact) mass is 483 g/mol. The molecule has 0 spiro atoms. The lowest BCUT2D eigenvalue weighted by molar-refractivity contribution is -0.137. The van der Waals surface area contributed by atoms with Crippen LogP contribution in [0.2, 0.25) is 5.02 Å². The minimum Gasteiger partial charge on any atom is -0.340 e. The molecule has 1 aromatic heterocycles. The van der Waals surface area contributed by atoms with Crippen LogP contribution in [0.4, 0.5) is 30.6 Å². The van der Waals surface area contributed by atoms with Crippen molar-refractivity contribution in [3.05, 3.63) is 44.7 Å². The fourth-order valence-corrected chi connectivity index (χ4v) is 4.41. The lowest BCUT2D eigenvalue weighted by atomic mass is 9.92. The Kier molecular flexibility index (Phi) is 6.08. The maximum atomic E-state index is 13.1. The van der Waals surface area contributed by atoms with Gasteiger partial charge in [-0.2, -0.15) is 18.2 Å². The highest BCUT2D eigenvalue weighted by Crippen LogP contribution is 2.37. The predicted molar refractivity (Wildman–Crippen MR) is 117 cm³/mol. The summed E-state index contributed by atoms with van der Waals surface area (Å²) in [6, 6.07) is 3.07. The predicted octanol–water partition coefficient (Wildman–Crippen LogP) is 3.89. The van der Waals surface area contributed by atoms with Crippen LogP contribution in [-0.4, -0.2) is 34.4 Å². The summed E-state index contributed by atoms with van der Waals surface area (Å²) in [6.45, 7) is 2.70. The average Bonchev–Trinajstić information content (AvgIpc) is 2.73. The Hall–Kier alpha value is -3.08. The number of aromatic amines is 1. The van der Waals surface area contributed by atoms with E-state index in [1.165, 1.54) is 6.07 Å². The molecule has 8 nitrogen and oxygen atoms in total. The van der Waals surface area contributed by atoms with Crippen molar-refractivity contribution in [1.82, 2.24) is 9.97 Å². The Morgan fingerprint density at radius 1 is 1.27 bits per heavy atom. The second-order valence-electron chi connectivity index (χ2n) is 8.18. The number of nitrogens with one attached hydrogen (secondary N) is 3. The highest BCUT2D eigenvalue weighted by atomic mass is 35.5. The normalized spacial score (nSPS) is 20.8. The molecule has 1 saturated heterocycles. The van der Waals surface area contributed by atoms with E-state index in [0.29, 0.717) is 18.6 Å². The van der Waals surface area contributed by atoms with Gasteiger partial charge in [0.1, 0.15) is 5.82 Å². The number of hydrogen-bond donors (Lipinski definition) is 3. The Bertz CT molecular complexity index is 1170. The number of fused-ring (bicyclic) bond motifs is 1. The first kappa shape index (κ1) is 23.1. The molecular formula is C21H21ClF3N5O3. The molecule has 2 atom stereocenters. The smallest absolute Gasteiger partial charge is 0.340 e. The van der Waals surface area contributed by atoms with Gasteiger partial charge in [-0.3, -0.25) is 19.4 Å². The van der Waals surface area contributed by atoms with Gasteiger partial charge in [0.05, 0.1) is 22.1 Å². The minimum atomic E-state index is -4.71.